The zero-order valence-electron chi connectivity index (χ0n) is 13.9. The van der Waals surface area contributed by atoms with Crippen LogP contribution in [0, 0.1) is 12.8 Å². The summed E-state index contributed by atoms with van der Waals surface area (Å²) in [5, 5.41) is 3.35. The average Bonchev–Trinajstić information content (AvgIpc) is 2.65. The molecule has 2 aromatic rings. The highest BCUT2D eigenvalue weighted by atomic mass is 16.1. The van der Waals surface area contributed by atoms with E-state index in [2.05, 4.69) is 39.7 Å². The maximum absolute atomic E-state index is 12.9. The van der Waals surface area contributed by atoms with Crippen molar-refractivity contribution in [3.63, 3.8) is 0 Å². The monoisotopic (exact) mass is 286 g/mol. The first kappa shape index (κ1) is 15.6. The lowest BCUT2D eigenvalue weighted by Gasteiger charge is -2.18. The second kappa shape index (κ2) is 5.55. The van der Waals surface area contributed by atoms with E-state index in [1.54, 1.807) is 4.68 Å². The molecule has 0 aliphatic heterocycles. The number of nitrogens with one attached hydrogen (secondary N) is 1. The Morgan fingerprint density at radius 1 is 1.19 bits per heavy atom. The van der Waals surface area contributed by atoms with Gasteiger partial charge in [0.15, 0.2) is 0 Å². The van der Waals surface area contributed by atoms with E-state index in [9.17, 15) is 4.79 Å². The summed E-state index contributed by atoms with van der Waals surface area (Å²) in [6.45, 7) is 12.7. The Balaban J connectivity index is 2.68. The average molecular weight is 286 g/mol. The maximum Gasteiger partial charge on any atom is 0.275 e. The van der Waals surface area contributed by atoms with Gasteiger partial charge in [0, 0.05) is 11.3 Å². The van der Waals surface area contributed by atoms with Crippen molar-refractivity contribution in [1.82, 2.24) is 9.78 Å². The summed E-state index contributed by atoms with van der Waals surface area (Å²) in [6.07, 6.45) is 0.890. The summed E-state index contributed by atoms with van der Waals surface area (Å²) in [7, 11) is 0. The molecule has 0 saturated carbocycles. The molecule has 0 atom stereocenters. The van der Waals surface area contributed by atoms with Crippen molar-refractivity contribution in [2.75, 3.05) is 0 Å². The van der Waals surface area contributed by atoms with Crippen LogP contribution in [0.4, 0.5) is 0 Å². The van der Waals surface area contributed by atoms with E-state index >= 15 is 0 Å². The van der Waals surface area contributed by atoms with E-state index < -0.39 is 0 Å². The fourth-order valence-corrected chi connectivity index (χ4v) is 2.80. The van der Waals surface area contributed by atoms with Crippen LogP contribution in [0.15, 0.2) is 29.1 Å². The predicted molar refractivity (Wildman–Crippen MR) is 88.4 cm³/mol. The molecule has 0 aliphatic carbocycles. The standard InChI is InChI=1S/C18H26N2O/c1-12(2)11-14-16(18(4,5)6)17(21)20(19-14)15-10-8-7-9-13(15)3/h7-10,12,19H,11H2,1-6H3. The summed E-state index contributed by atoms with van der Waals surface area (Å²) < 4.78 is 1.70. The van der Waals surface area contributed by atoms with Gasteiger partial charge in [-0.25, -0.2) is 4.68 Å². The van der Waals surface area contributed by atoms with Crippen molar-refractivity contribution in [3.8, 4) is 5.69 Å². The lowest BCUT2D eigenvalue weighted by atomic mass is 9.85. The van der Waals surface area contributed by atoms with Gasteiger partial charge in [0.1, 0.15) is 0 Å². The molecule has 0 spiro atoms. The molecule has 0 fully saturated rings. The van der Waals surface area contributed by atoms with E-state index in [4.69, 9.17) is 0 Å². The summed E-state index contributed by atoms with van der Waals surface area (Å²) >= 11 is 0. The molecule has 0 unspecified atom stereocenters. The fourth-order valence-electron chi connectivity index (χ4n) is 2.80. The van der Waals surface area contributed by atoms with E-state index in [0.717, 1.165) is 28.9 Å². The number of aromatic nitrogens is 2. The van der Waals surface area contributed by atoms with E-state index in [1.807, 2.05) is 31.2 Å². The van der Waals surface area contributed by atoms with E-state index in [1.165, 1.54) is 0 Å². The van der Waals surface area contributed by atoms with Crippen molar-refractivity contribution in [3.05, 3.63) is 51.4 Å². The number of rotatable bonds is 3. The molecular formula is C18H26N2O. The maximum atomic E-state index is 12.9. The molecular weight excluding hydrogens is 260 g/mol. The highest BCUT2D eigenvalue weighted by molar-refractivity contribution is 5.41. The summed E-state index contributed by atoms with van der Waals surface area (Å²) in [5.74, 6) is 0.509. The van der Waals surface area contributed by atoms with Crippen LogP contribution in [-0.2, 0) is 11.8 Å². The Hall–Kier alpha value is -1.77. The van der Waals surface area contributed by atoms with E-state index in [-0.39, 0.29) is 11.0 Å². The zero-order chi connectivity index (χ0) is 15.8. The van der Waals surface area contributed by atoms with Crippen LogP contribution < -0.4 is 5.56 Å². The Kier molecular flexibility index (Phi) is 4.13. The number of hydrogen-bond donors (Lipinski definition) is 1. The van der Waals surface area contributed by atoms with Gasteiger partial charge in [-0.3, -0.25) is 9.89 Å². The van der Waals surface area contributed by atoms with Gasteiger partial charge in [0.05, 0.1) is 5.69 Å². The van der Waals surface area contributed by atoms with E-state index in [0.29, 0.717) is 5.92 Å². The molecule has 3 nitrogen and oxygen atoms in total. The van der Waals surface area contributed by atoms with Gasteiger partial charge in [-0.2, -0.15) is 0 Å². The molecule has 0 saturated heterocycles. The van der Waals surface area contributed by atoms with Crippen molar-refractivity contribution in [2.24, 2.45) is 5.92 Å². The van der Waals surface area contributed by atoms with Crippen LogP contribution >= 0.6 is 0 Å². The van der Waals surface area contributed by atoms with Gasteiger partial charge in [0.2, 0.25) is 0 Å². The molecule has 1 aromatic heterocycles. The number of H-pyrrole nitrogens is 1. The summed E-state index contributed by atoms with van der Waals surface area (Å²) in [4.78, 5) is 12.9. The normalized spacial score (nSPS) is 12.1. The van der Waals surface area contributed by atoms with Crippen molar-refractivity contribution < 1.29 is 0 Å². The highest BCUT2D eigenvalue weighted by Gasteiger charge is 2.26. The quantitative estimate of drug-likeness (QED) is 0.911. The van der Waals surface area contributed by atoms with Crippen LogP contribution in [0.5, 0.6) is 0 Å². The fraction of sp³-hybridized carbons (Fsp3) is 0.500. The number of nitrogens with zero attached hydrogens (tertiary/aromatic N) is 1. The topological polar surface area (TPSA) is 37.8 Å². The first-order chi connectivity index (χ1) is 9.71. The first-order valence-electron chi connectivity index (χ1n) is 7.62. The molecule has 0 bridgehead atoms. The number of hydrogen-bond acceptors (Lipinski definition) is 1. The first-order valence-corrected chi connectivity index (χ1v) is 7.62. The molecule has 21 heavy (non-hydrogen) atoms. The lowest BCUT2D eigenvalue weighted by Crippen LogP contribution is -2.26. The van der Waals surface area contributed by atoms with Gasteiger partial charge in [0.25, 0.3) is 5.56 Å². The number of aromatic amines is 1. The number of aryl methyl sites for hydroxylation is 1. The summed E-state index contributed by atoms with van der Waals surface area (Å²) in [5.41, 5.74) is 3.91. The molecule has 0 amide bonds. The van der Waals surface area contributed by atoms with Gasteiger partial charge >= 0.3 is 0 Å². The third-order valence-corrected chi connectivity index (χ3v) is 3.68. The molecule has 1 N–H and O–H groups in total. The highest BCUT2D eigenvalue weighted by Crippen LogP contribution is 2.25. The Morgan fingerprint density at radius 2 is 1.81 bits per heavy atom. The van der Waals surface area contributed by atoms with Gasteiger partial charge in [-0.15, -0.1) is 0 Å². The lowest BCUT2D eigenvalue weighted by molar-refractivity contribution is 0.561. The molecule has 2 rings (SSSR count). The minimum atomic E-state index is -0.161. The molecule has 114 valence electrons. The number of para-hydroxylation sites is 1. The van der Waals surface area contributed by atoms with Gasteiger partial charge in [-0.05, 0) is 36.3 Å². The third kappa shape index (κ3) is 3.12. The molecule has 3 heteroatoms. The molecule has 1 heterocycles. The van der Waals surface area contributed by atoms with Crippen molar-refractivity contribution in [2.45, 2.75) is 53.4 Å². The summed E-state index contributed by atoms with van der Waals surface area (Å²) in [6, 6.07) is 7.97. The Morgan fingerprint density at radius 3 is 2.33 bits per heavy atom. The molecule has 1 aromatic carbocycles. The Bertz CT molecular complexity index is 684. The Labute approximate surface area is 127 Å². The third-order valence-electron chi connectivity index (χ3n) is 3.68. The number of benzene rings is 1. The van der Waals surface area contributed by atoms with Crippen LogP contribution in [0.3, 0.4) is 0 Å². The van der Waals surface area contributed by atoms with Gasteiger partial charge < -0.3 is 0 Å². The second-order valence-corrected chi connectivity index (χ2v) is 7.24. The van der Waals surface area contributed by atoms with Crippen LogP contribution in [-0.4, -0.2) is 9.78 Å². The minimum Gasteiger partial charge on any atom is -0.295 e. The van der Waals surface area contributed by atoms with Crippen LogP contribution in [0.25, 0.3) is 5.69 Å². The van der Waals surface area contributed by atoms with Gasteiger partial charge in [-0.1, -0.05) is 52.8 Å². The minimum absolute atomic E-state index is 0.0763. The van der Waals surface area contributed by atoms with Crippen LogP contribution in [0.2, 0.25) is 0 Å². The van der Waals surface area contributed by atoms with Crippen molar-refractivity contribution in [1.29, 1.82) is 0 Å². The second-order valence-electron chi connectivity index (χ2n) is 7.24. The zero-order valence-corrected chi connectivity index (χ0v) is 13.9. The smallest absolute Gasteiger partial charge is 0.275 e. The van der Waals surface area contributed by atoms with Crippen molar-refractivity contribution >= 4 is 0 Å². The largest absolute Gasteiger partial charge is 0.295 e. The SMILES string of the molecule is Cc1ccccc1-n1[nH]c(CC(C)C)c(C(C)(C)C)c1=O. The predicted octanol–water partition coefficient (Wildman–Crippen LogP) is 3.97. The molecule has 0 radical (unpaired) electrons. The van der Waals surface area contributed by atoms with Crippen LogP contribution in [0.1, 0.15) is 51.4 Å². The molecule has 0 aliphatic rings.